The summed E-state index contributed by atoms with van der Waals surface area (Å²) in [4.78, 5) is 8.68. The molecule has 162 valence electrons. The van der Waals surface area contributed by atoms with Crippen molar-refractivity contribution in [3.05, 3.63) is 16.1 Å². The monoisotopic (exact) mass is 545 g/mol. The minimum atomic E-state index is -3.34. The van der Waals surface area contributed by atoms with E-state index in [1.54, 1.807) is 18.4 Å². The number of ether oxygens (including phenoxy) is 1. The maximum absolute atomic E-state index is 12.1. The SMILES string of the molecule is CN=C(NCCS(=O)(=O)NCC1CCCCO1)NCc1nc(C(C)C)cs1.I. The predicted molar refractivity (Wildman–Crippen MR) is 125 cm³/mol. The van der Waals surface area contributed by atoms with E-state index in [4.69, 9.17) is 4.74 Å². The first-order valence-corrected chi connectivity index (χ1v) is 11.9. The van der Waals surface area contributed by atoms with Crippen molar-refractivity contribution in [2.45, 2.75) is 51.7 Å². The lowest BCUT2D eigenvalue weighted by Crippen LogP contribution is -2.42. The summed E-state index contributed by atoms with van der Waals surface area (Å²) in [7, 11) is -1.69. The number of hydrogen-bond acceptors (Lipinski definition) is 6. The number of aromatic nitrogens is 1. The Labute approximate surface area is 189 Å². The van der Waals surface area contributed by atoms with Crippen LogP contribution in [-0.2, 0) is 21.3 Å². The van der Waals surface area contributed by atoms with Crippen LogP contribution in [0.15, 0.2) is 10.4 Å². The molecule has 3 N–H and O–H groups in total. The van der Waals surface area contributed by atoms with Crippen LogP contribution in [0.1, 0.15) is 49.7 Å². The Kier molecular flexibility index (Phi) is 11.8. The number of rotatable bonds is 9. The molecule has 1 saturated heterocycles. The lowest BCUT2D eigenvalue weighted by molar-refractivity contribution is 0.0200. The van der Waals surface area contributed by atoms with E-state index in [-0.39, 0.29) is 42.4 Å². The van der Waals surface area contributed by atoms with E-state index in [2.05, 4.69) is 44.6 Å². The molecule has 1 aromatic rings. The third-order valence-corrected chi connectivity index (χ3v) is 6.47. The number of halogens is 1. The van der Waals surface area contributed by atoms with Gasteiger partial charge >= 0.3 is 0 Å². The molecule has 1 aromatic heterocycles. The maximum atomic E-state index is 12.1. The molecule has 0 spiro atoms. The van der Waals surface area contributed by atoms with Crippen LogP contribution in [0.2, 0.25) is 0 Å². The second-order valence-corrected chi connectivity index (χ2v) is 9.70. The first-order valence-electron chi connectivity index (χ1n) is 9.37. The van der Waals surface area contributed by atoms with Crippen LogP contribution in [0.4, 0.5) is 0 Å². The quantitative estimate of drug-likeness (QED) is 0.249. The van der Waals surface area contributed by atoms with Crippen molar-refractivity contribution in [3.8, 4) is 0 Å². The predicted octanol–water partition coefficient (Wildman–Crippen LogP) is 2.04. The molecule has 1 fully saturated rings. The second-order valence-electron chi connectivity index (χ2n) is 6.83. The van der Waals surface area contributed by atoms with Crippen LogP contribution in [0.3, 0.4) is 0 Å². The summed E-state index contributed by atoms with van der Waals surface area (Å²) in [5.74, 6) is 0.945. The van der Waals surface area contributed by atoms with Crippen molar-refractivity contribution in [1.29, 1.82) is 0 Å². The van der Waals surface area contributed by atoms with E-state index in [1.807, 2.05) is 0 Å². The van der Waals surface area contributed by atoms with Crippen LogP contribution < -0.4 is 15.4 Å². The first-order chi connectivity index (χ1) is 12.9. The van der Waals surface area contributed by atoms with Crippen molar-refractivity contribution in [2.24, 2.45) is 4.99 Å². The third-order valence-electron chi connectivity index (χ3n) is 4.26. The molecule has 0 radical (unpaired) electrons. The fourth-order valence-electron chi connectivity index (χ4n) is 2.62. The molecule has 1 atom stereocenters. The fourth-order valence-corrected chi connectivity index (χ4v) is 4.47. The molecule has 2 rings (SSSR count). The summed E-state index contributed by atoms with van der Waals surface area (Å²) in [5.41, 5.74) is 1.08. The van der Waals surface area contributed by atoms with Gasteiger partial charge in [-0.3, -0.25) is 4.99 Å². The Bertz CT molecular complexity index is 703. The zero-order valence-electron chi connectivity index (χ0n) is 16.7. The molecule has 2 heterocycles. The van der Waals surface area contributed by atoms with E-state index in [9.17, 15) is 8.42 Å². The average Bonchev–Trinajstić information content (AvgIpc) is 3.13. The third kappa shape index (κ3) is 9.33. The van der Waals surface area contributed by atoms with Gasteiger partial charge in [0.1, 0.15) is 5.01 Å². The smallest absolute Gasteiger partial charge is 0.213 e. The lowest BCUT2D eigenvalue weighted by Gasteiger charge is -2.22. The summed E-state index contributed by atoms with van der Waals surface area (Å²) in [6, 6.07) is 0. The van der Waals surface area contributed by atoms with Crippen molar-refractivity contribution in [3.63, 3.8) is 0 Å². The highest BCUT2D eigenvalue weighted by Crippen LogP contribution is 2.17. The first kappa shape index (κ1) is 25.5. The topological polar surface area (TPSA) is 105 Å². The van der Waals surface area contributed by atoms with Gasteiger partial charge in [-0.1, -0.05) is 13.8 Å². The molecule has 0 bridgehead atoms. The molecular formula is C17H32IN5O3S2. The second kappa shape index (κ2) is 12.9. The van der Waals surface area contributed by atoms with Crippen LogP contribution >= 0.6 is 35.3 Å². The number of nitrogens with one attached hydrogen (secondary N) is 3. The van der Waals surface area contributed by atoms with E-state index in [0.29, 0.717) is 31.6 Å². The Morgan fingerprint density at radius 2 is 2.18 bits per heavy atom. The normalized spacial score (nSPS) is 18.0. The zero-order chi connectivity index (χ0) is 19.7. The average molecular weight is 546 g/mol. The largest absolute Gasteiger partial charge is 0.377 e. The van der Waals surface area contributed by atoms with E-state index < -0.39 is 10.0 Å². The number of thiazole rings is 1. The minimum absolute atomic E-state index is 0. The van der Waals surface area contributed by atoms with Gasteiger partial charge in [0.15, 0.2) is 5.96 Å². The molecule has 1 unspecified atom stereocenters. The van der Waals surface area contributed by atoms with E-state index in [1.165, 1.54) is 0 Å². The molecule has 1 aliphatic rings. The Balaban J connectivity index is 0.00000392. The molecule has 28 heavy (non-hydrogen) atoms. The van der Waals surface area contributed by atoms with Gasteiger partial charge < -0.3 is 15.4 Å². The summed E-state index contributed by atoms with van der Waals surface area (Å²) >= 11 is 1.60. The Morgan fingerprint density at radius 3 is 2.79 bits per heavy atom. The van der Waals surface area contributed by atoms with Crippen molar-refractivity contribution < 1.29 is 13.2 Å². The molecule has 1 aliphatic heterocycles. The van der Waals surface area contributed by atoms with E-state index >= 15 is 0 Å². The highest BCUT2D eigenvalue weighted by atomic mass is 127. The summed E-state index contributed by atoms with van der Waals surface area (Å²) < 4.78 is 32.4. The summed E-state index contributed by atoms with van der Waals surface area (Å²) in [6.45, 7) is 6.12. The van der Waals surface area contributed by atoms with Crippen LogP contribution in [0, 0.1) is 0 Å². The van der Waals surface area contributed by atoms with Crippen molar-refractivity contribution in [2.75, 3.05) is 32.5 Å². The highest BCUT2D eigenvalue weighted by Gasteiger charge is 2.17. The van der Waals surface area contributed by atoms with Gasteiger partial charge in [-0.05, 0) is 25.2 Å². The maximum Gasteiger partial charge on any atom is 0.213 e. The zero-order valence-corrected chi connectivity index (χ0v) is 20.7. The molecular weight excluding hydrogens is 513 g/mol. The number of aliphatic imine (C=N–C) groups is 1. The molecule has 11 heteroatoms. The molecule has 0 amide bonds. The van der Waals surface area contributed by atoms with Crippen LogP contribution in [-0.4, -0.2) is 58.0 Å². The number of hydrogen-bond donors (Lipinski definition) is 3. The minimum Gasteiger partial charge on any atom is -0.377 e. The van der Waals surface area contributed by atoms with Gasteiger partial charge in [0, 0.05) is 32.1 Å². The number of sulfonamides is 1. The molecule has 0 aromatic carbocycles. The van der Waals surface area contributed by atoms with Gasteiger partial charge in [-0.15, -0.1) is 35.3 Å². The standard InChI is InChI=1S/C17H31N5O3S2.HI/c1-13(2)15-12-26-16(22-15)11-20-17(18-3)19-7-9-27(23,24)21-10-14-6-4-5-8-25-14;/h12-14,21H,4-11H2,1-3H3,(H2,18,19,20);1H. The summed E-state index contributed by atoms with van der Waals surface area (Å²) in [6.07, 6.45) is 3.05. The van der Waals surface area contributed by atoms with Gasteiger partial charge in [-0.2, -0.15) is 0 Å². The van der Waals surface area contributed by atoms with Crippen molar-refractivity contribution in [1.82, 2.24) is 20.3 Å². The number of nitrogens with zero attached hydrogens (tertiary/aromatic N) is 2. The fraction of sp³-hybridized carbons (Fsp3) is 0.765. The lowest BCUT2D eigenvalue weighted by atomic mass is 10.1. The van der Waals surface area contributed by atoms with Gasteiger partial charge in [0.2, 0.25) is 10.0 Å². The molecule has 8 nitrogen and oxygen atoms in total. The van der Waals surface area contributed by atoms with Gasteiger partial charge in [0.05, 0.1) is 24.1 Å². The highest BCUT2D eigenvalue weighted by molar-refractivity contribution is 14.0. The molecule has 0 aliphatic carbocycles. The van der Waals surface area contributed by atoms with Crippen molar-refractivity contribution >= 4 is 51.3 Å². The van der Waals surface area contributed by atoms with Crippen LogP contribution in [0.25, 0.3) is 0 Å². The summed E-state index contributed by atoms with van der Waals surface area (Å²) in [5, 5.41) is 9.23. The van der Waals surface area contributed by atoms with Crippen LogP contribution in [0.5, 0.6) is 0 Å². The number of guanidine groups is 1. The van der Waals surface area contributed by atoms with E-state index in [0.717, 1.165) is 30.0 Å². The Hall–Kier alpha value is -0.500. The molecule has 0 saturated carbocycles. The van der Waals surface area contributed by atoms with Gasteiger partial charge in [-0.25, -0.2) is 18.1 Å². The Morgan fingerprint density at radius 1 is 1.39 bits per heavy atom. The van der Waals surface area contributed by atoms with Gasteiger partial charge in [0.25, 0.3) is 0 Å².